The molecule has 0 saturated carbocycles. The number of rotatable bonds is 4. The Morgan fingerprint density at radius 3 is 2.67 bits per heavy atom. The van der Waals surface area contributed by atoms with Gasteiger partial charge in [-0.05, 0) is 46.2 Å². The quantitative estimate of drug-likeness (QED) is 0.910. The van der Waals surface area contributed by atoms with Crippen LogP contribution in [0.2, 0.25) is 0 Å². The lowest BCUT2D eigenvalue weighted by Gasteiger charge is -2.39. The van der Waals surface area contributed by atoms with Crippen LogP contribution in [-0.4, -0.2) is 59.4 Å². The summed E-state index contributed by atoms with van der Waals surface area (Å²) in [6.45, 7) is 3.50. The van der Waals surface area contributed by atoms with Crippen LogP contribution in [0.5, 0.6) is 0 Å². The lowest BCUT2D eigenvalue weighted by atomic mass is 9.90. The van der Waals surface area contributed by atoms with Crippen LogP contribution in [0.4, 0.5) is 0 Å². The SMILES string of the molecule is CN(C)CC1(O)CCN(Cc2noc3c2CCCC3)CC1. The van der Waals surface area contributed by atoms with Crippen molar-refractivity contribution in [1.29, 1.82) is 0 Å². The Kier molecular flexibility index (Phi) is 4.33. The first-order valence-electron chi connectivity index (χ1n) is 8.11. The molecule has 1 N–H and O–H groups in total. The van der Waals surface area contributed by atoms with Gasteiger partial charge in [0.25, 0.3) is 0 Å². The summed E-state index contributed by atoms with van der Waals surface area (Å²) in [6, 6.07) is 0. The Bertz CT molecular complexity index is 476. The van der Waals surface area contributed by atoms with Crippen molar-refractivity contribution in [2.75, 3.05) is 33.7 Å². The molecule has 5 heteroatoms. The van der Waals surface area contributed by atoms with Crippen molar-refractivity contribution in [1.82, 2.24) is 15.0 Å². The van der Waals surface area contributed by atoms with Crippen LogP contribution in [0, 0.1) is 0 Å². The van der Waals surface area contributed by atoms with Gasteiger partial charge in [-0.1, -0.05) is 5.16 Å². The minimum atomic E-state index is -0.525. The summed E-state index contributed by atoms with van der Waals surface area (Å²) in [4.78, 5) is 4.47. The first-order chi connectivity index (χ1) is 10.1. The van der Waals surface area contributed by atoms with Gasteiger partial charge in [-0.15, -0.1) is 0 Å². The predicted octanol–water partition coefficient (Wildman–Crippen LogP) is 1.44. The minimum Gasteiger partial charge on any atom is -0.388 e. The number of nitrogens with zero attached hydrogens (tertiary/aromatic N) is 3. The van der Waals surface area contributed by atoms with Crippen molar-refractivity contribution in [2.45, 2.75) is 50.7 Å². The number of likely N-dealkylation sites (tertiary alicyclic amines) is 1. The van der Waals surface area contributed by atoms with Crippen molar-refractivity contribution in [2.24, 2.45) is 0 Å². The second kappa shape index (κ2) is 6.07. The molecule has 0 radical (unpaired) electrons. The van der Waals surface area contributed by atoms with E-state index in [1.54, 1.807) is 0 Å². The molecule has 0 bridgehead atoms. The highest BCUT2D eigenvalue weighted by Gasteiger charge is 2.33. The van der Waals surface area contributed by atoms with Crippen LogP contribution in [0.1, 0.15) is 42.7 Å². The Labute approximate surface area is 126 Å². The summed E-state index contributed by atoms with van der Waals surface area (Å²) >= 11 is 0. The summed E-state index contributed by atoms with van der Waals surface area (Å²) in [5.74, 6) is 1.11. The van der Waals surface area contributed by atoms with E-state index in [-0.39, 0.29) is 0 Å². The summed E-state index contributed by atoms with van der Waals surface area (Å²) in [6.07, 6.45) is 6.32. The number of piperidine rings is 1. The Hall–Kier alpha value is -0.910. The number of hydrogen-bond acceptors (Lipinski definition) is 5. The smallest absolute Gasteiger partial charge is 0.140 e. The highest BCUT2D eigenvalue weighted by atomic mass is 16.5. The number of hydrogen-bond donors (Lipinski definition) is 1. The van der Waals surface area contributed by atoms with Gasteiger partial charge in [-0.3, -0.25) is 4.90 Å². The monoisotopic (exact) mass is 293 g/mol. The Morgan fingerprint density at radius 1 is 1.24 bits per heavy atom. The van der Waals surface area contributed by atoms with Crippen LogP contribution in [0.15, 0.2) is 4.52 Å². The average Bonchev–Trinajstić information content (AvgIpc) is 2.84. The molecule has 0 atom stereocenters. The number of aryl methyl sites for hydroxylation is 1. The summed E-state index contributed by atoms with van der Waals surface area (Å²) in [5.41, 5.74) is 1.96. The van der Waals surface area contributed by atoms with Crippen molar-refractivity contribution in [3.8, 4) is 0 Å². The summed E-state index contributed by atoms with van der Waals surface area (Å²) in [5, 5.41) is 14.9. The van der Waals surface area contributed by atoms with Crippen LogP contribution < -0.4 is 0 Å². The van der Waals surface area contributed by atoms with Crippen LogP contribution in [0.25, 0.3) is 0 Å². The maximum atomic E-state index is 10.6. The fraction of sp³-hybridized carbons (Fsp3) is 0.812. The number of fused-ring (bicyclic) bond motifs is 1. The lowest BCUT2D eigenvalue weighted by Crippen LogP contribution is -2.49. The van der Waals surface area contributed by atoms with Gasteiger partial charge in [-0.25, -0.2) is 0 Å². The van der Waals surface area contributed by atoms with Gasteiger partial charge >= 0.3 is 0 Å². The van der Waals surface area contributed by atoms with E-state index in [1.165, 1.54) is 18.4 Å². The second-order valence-corrected chi connectivity index (χ2v) is 6.98. The zero-order valence-corrected chi connectivity index (χ0v) is 13.3. The highest BCUT2D eigenvalue weighted by molar-refractivity contribution is 5.25. The summed E-state index contributed by atoms with van der Waals surface area (Å²) in [7, 11) is 4.04. The van der Waals surface area contributed by atoms with E-state index in [9.17, 15) is 5.11 Å². The minimum absolute atomic E-state index is 0.525. The predicted molar refractivity (Wildman–Crippen MR) is 81.2 cm³/mol. The Morgan fingerprint density at radius 2 is 1.95 bits per heavy atom. The fourth-order valence-corrected chi connectivity index (χ4v) is 3.66. The third-order valence-corrected chi connectivity index (χ3v) is 4.80. The van der Waals surface area contributed by atoms with Crippen molar-refractivity contribution in [3.05, 3.63) is 17.0 Å². The molecule has 0 aromatic carbocycles. The van der Waals surface area contributed by atoms with E-state index in [4.69, 9.17) is 4.52 Å². The molecule has 2 aliphatic rings. The molecule has 118 valence electrons. The maximum Gasteiger partial charge on any atom is 0.140 e. The lowest BCUT2D eigenvalue weighted by molar-refractivity contribution is -0.0391. The molecule has 0 spiro atoms. The number of aliphatic hydroxyl groups is 1. The van der Waals surface area contributed by atoms with Crippen LogP contribution in [0.3, 0.4) is 0 Å². The second-order valence-electron chi connectivity index (χ2n) is 6.98. The molecule has 0 amide bonds. The number of likely N-dealkylation sites (N-methyl/N-ethyl adjacent to an activating group) is 1. The topological polar surface area (TPSA) is 52.7 Å². The van der Waals surface area contributed by atoms with Crippen molar-refractivity contribution < 1.29 is 9.63 Å². The molecule has 2 heterocycles. The number of aromatic nitrogens is 1. The van der Waals surface area contributed by atoms with Crippen LogP contribution >= 0.6 is 0 Å². The molecule has 5 nitrogen and oxygen atoms in total. The van der Waals surface area contributed by atoms with Gasteiger partial charge in [0.05, 0.1) is 5.60 Å². The first-order valence-corrected chi connectivity index (χ1v) is 8.11. The van der Waals surface area contributed by atoms with Gasteiger partial charge in [0, 0.05) is 38.2 Å². The van der Waals surface area contributed by atoms with E-state index in [2.05, 4.69) is 15.0 Å². The molecule has 3 rings (SSSR count). The maximum absolute atomic E-state index is 10.6. The van der Waals surface area contributed by atoms with Gasteiger partial charge in [-0.2, -0.15) is 0 Å². The molecule has 1 aromatic heterocycles. The zero-order valence-electron chi connectivity index (χ0n) is 13.3. The third-order valence-electron chi connectivity index (χ3n) is 4.80. The van der Waals surface area contributed by atoms with E-state index < -0.39 is 5.60 Å². The van der Waals surface area contributed by atoms with Crippen LogP contribution in [-0.2, 0) is 19.4 Å². The standard InChI is InChI=1S/C16H27N3O2/c1-18(2)12-16(20)7-9-19(10-8-16)11-14-13-5-3-4-6-15(13)21-17-14/h20H,3-12H2,1-2H3. The molecule has 1 aromatic rings. The van der Waals surface area contributed by atoms with E-state index in [1.807, 2.05) is 14.1 Å². The molecule has 1 fully saturated rings. The highest BCUT2D eigenvalue weighted by Crippen LogP contribution is 2.27. The first kappa shape index (κ1) is 15.0. The molecular weight excluding hydrogens is 266 g/mol. The van der Waals surface area contributed by atoms with E-state index in [0.717, 1.165) is 63.3 Å². The molecule has 21 heavy (non-hydrogen) atoms. The largest absolute Gasteiger partial charge is 0.388 e. The molecule has 0 unspecified atom stereocenters. The van der Waals surface area contributed by atoms with Crippen molar-refractivity contribution in [3.63, 3.8) is 0 Å². The van der Waals surface area contributed by atoms with E-state index in [0.29, 0.717) is 0 Å². The van der Waals surface area contributed by atoms with Gasteiger partial charge in [0.2, 0.25) is 0 Å². The van der Waals surface area contributed by atoms with E-state index >= 15 is 0 Å². The van der Waals surface area contributed by atoms with Crippen molar-refractivity contribution >= 4 is 0 Å². The third kappa shape index (κ3) is 3.47. The Balaban J connectivity index is 1.57. The molecule has 1 saturated heterocycles. The van der Waals surface area contributed by atoms with Gasteiger partial charge in [0.1, 0.15) is 11.5 Å². The molecule has 1 aliphatic heterocycles. The van der Waals surface area contributed by atoms with Gasteiger partial charge < -0.3 is 14.5 Å². The molecular formula is C16H27N3O2. The zero-order chi connectivity index (χ0) is 14.9. The average molecular weight is 293 g/mol. The van der Waals surface area contributed by atoms with Gasteiger partial charge in [0.15, 0.2) is 0 Å². The fourth-order valence-electron chi connectivity index (χ4n) is 3.66. The molecule has 1 aliphatic carbocycles. The normalized spacial score (nSPS) is 22.5. The summed E-state index contributed by atoms with van der Waals surface area (Å²) < 4.78 is 5.49.